The molecule has 0 bridgehead atoms. The molecular formula is C39H45F26NO8. The Morgan fingerprint density at radius 2 is 0.689 bits per heavy atom. The van der Waals surface area contributed by atoms with Gasteiger partial charge in [0.15, 0.2) is 6.10 Å². The van der Waals surface area contributed by atoms with Crippen molar-refractivity contribution in [3.05, 3.63) is 0 Å². The molecule has 436 valence electrons. The highest BCUT2D eigenvalue weighted by molar-refractivity contribution is 5.81. The van der Waals surface area contributed by atoms with Crippen LogP contribution in [-0.4, -0.2) is 146 Å². The van der Waals surface area contributed by atoms with E-state index in [0.29, 0.717) is 0 Å². The summed E-state index contributed by atoms with van der Waals surface area (Å²) in [6, 6.07) is 0. The molecule has 0 saturated carbocycles. The first kappa shape index (κ1) is 68.0. The smallest absolute Gasteiger partial charge is 0.460 e. The molecule has 1 saturated heterocycles. The number of halogens is 26. The Morgan fingerprint density at radius 3 is 1.03 bits per heavy atom. The second-order valence-corrected chi connectivity index (χ2v) is 16.5. The van der Waals surface area contributed by atoms with Crippen molar-refractivity contribution < 1.29 is 152 Å². The minimum atomic E-state index is -8.04. The van der Waals surface area contributed by atoms with E-state index in [0.717, 1.165) is 0 Å². The first-order valence-electron chi connectivity index (χ1n) is 21.5. The maximum absolute atomic E-state index is 14.0. The summed E-state index contributed by atoms with van der Waals surface area (Å²) in [4.78, 5) is 50.9. The molecule has 0 aliphatic carbocycles. The number of rotatable bonds is 32. The lowest BCUT2D eigenvalue weighted by Gasteiger charge is -2.39. The number of hydrogen-bond acceptors (Lipinski definition) is 8. The molecule has 74 heavy (non-hydrogen) atoms. The van der Waals surface area contributed by atoms with Crippen LogP contribution >= 0.6 is 0 Å². The first-order chi connectivity index (χ1) is 33.2. The Bertz CT molecular complexity index is 1710. The van der Waals surface area contributed by atoms with Crippen molar-refractivity contribution in [3.8, 4) is 0 Å². The summed E-state index contributed by atoms with van der Waals surface area (Å²) in [7, 11) is 0. The highest BCUT2D eigenvalue weighted by atomic mass is 19.4. The van der Waals surface area contributed by atoms with Crippen molar-refractivity contribution in [1.29, 1.82) is 0 Å². The molecular weight excluding hydrogens is 1100 g/mol. The quantitative estimate of drug-likeness (QED) is 0.0284. The Labute approximate surface area is 401 Å². The SMILES string of the molecule is O=C(CCCCCCCC(F)(F)C(F)(F)C(F)(F)C(F)(F)C(F)(F)C(F)(F)F)OCC(COC(=O)CCCCCCCC(F)(F)C(F)(F)C(F)(F)C(F)(F)C(F)(F)C(F)(F)F)OC(=O)CCC(=O)N1CCOCC1. The molecule has 1 aliphatic heterocycles. The van der Waals surface area contributed by atoms with Gasteiger partial charge in [0.25, 0.3) is 0 Å². The van der Waals surface area contributed by atoms with Crippen LogP contribution < -0.4 is 0 Å². The predicted octanol–water partition coefficient (Wildman–Crippen LogP) is 12.6. The third-order valence-electron chi connectivity index (χ3n) is 10.8. The number of ether oxygens (including phenoxy) is 4. The second kappa shape index (κ2) is 25.4. The van der Waals surface area contributed by atoms with E-state index in [-0.39, 0.29) is 64.8 Å². The summed E-state index contributed by atoms with van der Waals surface area (Å²) in [5, 5.41) is 0. The van der Waals surface area contributed by atoms with Crippen LogP contribution in [0.4, 0.5) is 114 Å². The van der Waals surface area contributed by atoms with Crippen LogP contribution in [0, 0.1) is 0 Å². The number of alkyl halides is 26. The van der Waals surface area contributed by atoms with E-state index in [2.05, 4.69) is 0 Å². The summed E-state index contributed by atoms with van der Waals surface area (Å²) < 4.78 is 366. The molecule has 0 aromatic rings. The van der Waals surface area contributed by atoms with Crippen molar-refractivity contribution >= 4 is 23.8 Å². The van der Waals surface area contributed by atoms with Crippen LogP contribution in [0.2, 0.25) is 0 Å². The molecule has 0 unspecified atom stereocenters. The van der Waals surface area contributed by atoms with Gasteiger partial charge in [-0.05, 0) is 25.7 Å². The van der Waals surface area contributed by atoms with Gasteiger partial charge in [-0.2, -0.15) is 114 Å². The summed E-state index contributed by atoms with van der Waals surface area (Å²) in [5.74, 6) is -78.9. The molecule has 0 atom stereocenters. The molecule has 0 aromatic carbocycles. The maximum Gasteiger partial charge on any atom is 0.460 e. The minimum absolute atomic E-state index is 0.169. The normalized spacial score (nSPS) is 15.6. The number of carbonyl (C=O) groups is 4. The average Bonchev–Trinajstić information content (AvgIpc) is 3.27. The van der Waals surface area contributed by atoms with Crippen LogP contribution in [-0.2, 0) is 38.1 Å². The lowest BCUT2D eigenvalue weighted by atomic mass is 9.91. The lowest BCUT2D eigenvalue weighted by Crippen LogP contribution is -2.70. The van der Waals surface area contributed by atoms with Gasteiger partial charge in [0.1, 0.15) is 13.2 Å². The molecule has 1 fully saturated rings. The maximum atomic E-state index is 14.0. The van der Waals surface area contributed by atoms with Gasteiger partial charge in [-0.3, -0.25) is 19.2 Å². The zero-order valence-electron chi connectivity index (χ0n) is 37.7. The number of amides is 1. The van der Waals surface area contributed by atoms with Gasteiger partial charge in [0.2, 0.25) is 5.91 Å². The fourth-order valence-electron chi connectivity index (χ4n) is 6.27. The Kier molecular flexibility index (Phi) is 23.4. The van der Waals surface area contributed by atoms with Gasteiger partial charge in [-0.1, -0.05) is 38.5 Å². The van der Waals surface area contributed by atoms with Crippen molar-refractivity contribution in [2.45, 2.75) is 180 Å². The molecule has 0 spiro atoms. The van der Waals surface area contributed by atoms with Gasteiger partial charge in [0, 0.05) is 45.2 Å². The van der Waals surface area contributed by atoms with Gasteiger partial charge >= 0.3 is 89.5 Å². The Hall–Kier alpha value is -3.98. The molecule has 1 aliphatic rings. The van der Waals surface area contributed by atoms with E-state index in [9.17, 15) is 133 Å². The van der Waals surface area contributed by atoms with E-state index in [1.807, 2.05) is 0 Å². The molecule has 0 radical (unpaired) electrons. The number of esters is 3. The zero-order valence-corrected chi connectivity index (χ0v) is 37.7. The molecule has 35 heteroatoms. The zero-order chi connectivity index (χ0) is 57.8. The van der Waals surface area contributed by atoms with E-state index in [1.165, 1.54) is 4.90 Å². The summed E-state index contributed by atoms with van der Waals surface area (Å²) >= 11 is 0. The first-order valence-corrected chi connectivity index (χ1v) is 21.5. The third kappa shape index (κ3) is 15.8. The van der Waals surface area contributed by atoms with Crippen LogP contribution in [0.15, 0.2) is 0 Å². The topological polar surface area (TPSA) is 108 Å². The number of unbranched alkanes of at least 4 members (excludes halogenated alkanes) is 8. The van der Waals surface area contributed by atoms with Crippen molar-refractivity contribution in [1.82, 2.24) is 4.90 Å². The van der Waals surface area contributed by atoms with E-state index >= 15 is 0 Å². The second-order valence-electron chi connectivity index (χ2n) is 16.5. The Balaban J connectivity index is 2.74. The third-order valence-corrected chi connectivity index (χ3v) is 10.8. The molecule has 1 amide bonds. The number of carbonyl (C=O) groups excluding carboxylic acids is 4. The predicted molar refractivity (Wildman–Crippen MR) is 195 cm³/mol. The molecule has 0 aromatic heterocycles. The summed E-state index contributed by atoms with van der Waals surface area (Å²) in [6.07, 6.45) is -28.7. The van der Waals surface area contributed by atoms with Crippen LogP contribution in [0.5, 0.6) is 0 Å². The van der Waals surface area contributed by atoms with Crippen molar-refractivity contribution in [2.24, 2.45) is 0 Å². The van der Waals surface area contributed by atoms with Crippen molar-refractivity contribution in [2.75, 3.05) is 39.5 Å². The minimum Gasteiger partial charge on any atom is -0.462 e. The molecule has 1 heterocycles. The molecule has 9 nitrogen and oxygen atoms in total. The number of morpholine rings is 1. The van der Waals surface area contributed by atoms with E-state index in [4.69, 9.17) is 18.9 Å². The average molecular weight is 1150 g/mol. The fourth-order valence-corrected chi connectivity index (χ4v) is 6.27. The fraction of sp³-hybridized carbons (Fsp3) is 0.897. The van der Waals surface area contributed by atoms with Crippen LogP contribution in [0.25, 0.3) is 0 Å². The van der Waals surface area contributed by atoms with Gasteiger partial charge in [-0.25, -0.2) is 0 Å². The van der Waals surface area contributed by atoms with Gasteiger partial charge < -0.3 is 23.8 Å². The standard InChI is InChI=1S/C39H45F26NO8/c40-28(41,30(44,45)32(48,49)34(52,53)36(56,57)38(60,61)62)15-9-5-1-3-7-11-25(68)72-21-23(74-27(70)14-13-24(67)66-17-19-71-20-18-66)22-73-26(69)12-8-4-2-6-10-16-29(42,43)31(46,47)33(50,51)35(54,55)37(58,59)39(63,64)65/h23H,1-22H2. The monoisotopic (exact) mass is 1150 g/mol. The van der Waals surface area contributed by atoms with Crippen LogP contribution in [0.1, 0.15) is 103 Å². The van der Waals surface area contributed by atoms with Gasteiger partial charge in [-0.15, -0.1) is 0 Å². The largest absolute Gasteiger partial charge is 0.462 e. The van der Waals surface area contributed by atoms with Crippen LogP contribution in [0.3, 0.4) is 0 Å². The van der Waals surface area contributed by atoms with E-state index < -0.39 is 179 Å². The van der Waals surface area contributed by atoms with Gasteiger partial charge in [0.05, 0.1) is 19.6 Å². The molecule has 0 N–H and O–H groups in total. The summed E-state index contributed by atoms with van der Waals surface area (Å²) in [5.41, 5.74) is 0. The highest BCUT2D eigenvalue weighted by Gasteiger charge is 2.92. The van der Waals surface area contributed by atoms with E-state index in [1.54, 1.807) is 0 Å². The molecule has 1 rings (SSSR count). The Morgan fingerprint density at radius 1 is 0.378 bits per heavy atom. The highest BCUT2D eigenvalue weighted by Crippen LogP contribution is 2.62. The lowest BCUT2D eigenvalue weighted by molar-refractivity contribution is -0.440. The number of nitrogens with zero attached hydrogens (tertiary/aromatic N) is 1. The summed E-state index contributed by atoms with van der Waals surface area (Å²) in [6.45, 7) is -0.993. The van der Waals surface area contributed by atoms with Crippen molar-refractivity contribution in [3.63, 3.8) is 0 Å². The number of hydrogen-bond donors (Lipinski definition) is 0.